The number of halogens is 3. The van der Waals surface area contributed by atoms with Crippen molar-refractivity contribution in [1.29, 1.82) is 0 Å². The molecule has 1 rings (SSSR count). The van der Waals surface area contributed by atoms with E-state index in [1.807, 2.05) is 30.3 Å². The van der Waals surface area contributed by atoms with E-state index < -0.39 is 12.1 Å². The number of rotatable bonds is 6. The Morgan fingerprint density at radius 1 is 1.17 bits per heavy atom. The SMILES string of the molecule is O=C(OCCNCCc1ccccc1)C(F)(F)F. The first-order valence-corrected chi connectivity index (χ1v) is 5.49. The Kier molecular flexibility index (Phi) is 5.64. The Hall–Kier alpha value is -1.56. The maximum Gasteiger partial charge on any atom is 0.490 e. The zero-order valence-electron chi connectivity index (χ0n) is 9.67. The van der Waals surface area contributed by atoms with Crippen molar-refractivity contribution in [3.8, 4) is 0 Å². The van der Waals surface area contributed by atoms with Crippen LogP contribution in [0.2, 0.25) is 0 Å². The second-order valence-electron chi connectivity index (χ2n) is 3.62. The summed E-state index contributed by atoms with van der Waals surface area (Å²) in [5, 5.41) is 2.90. The van der Waals surface area contributed by atoms with Crippen molar-refractivity contribution in [3.63, 3.8) is 0 Å². The lowest BCUT2D eigenvalue weighted by atomic mass is 10.1. The van der Waals surface area contributed by atoms with Gasteiger partial charge in [0.25, 0.3) is 0 Å². The molecule has 0 unspecified atom stereocenters. The van der Waals surface area contributed by atoms with Crippen LogP contribution >= 0.6 is 0 Å². The first-order valence-electron chi connectivity index (χ1n) is 5.49. The number of esters is 1. The monoisotopic (exact) mass is 261 g/mol. The quantitative estimate of drug-likeness (QED) is 0.628. The van der Waals surface area contributed by atoms with E-state index in [-0.39, 0.29) is 13.2 Å². The minimum absolute atomic E-state index is 0.203. The number of carbonyl (C=O) groups is 1. The Bertz CT molecular complexity index is 365. The van der Waals surface area contributed by atoms with Gasteiger partial charge in [-0.3, -0.25) is 0 Å². The van der Waals surface area contributed by atoms with E-state index in [4.69, 9.17) is 0 Å². The summed E-state index contributed by atoms with van der Waals surface area (Å²) in [6.07, 6.45) is -4.14. The molecule has 0 bridgehead atoms. The molecule has 0 aliphatic heterocycles. The lowest BCUT2D eigenvalue weighted by molar-refractivity contribution is -0.199. The molecule has 0 heterocycles. The van der Waals surface area contributed by atoms with E-state index in [0.717, 1.165) is 12.0 Å². The van der Waals surface area contributed by atoms with Gasteiger partial charge in [0.15, 0.2) is 0 Å². The average molecular weight is 261 g/mol. The standard InChI is InChI=1S/C12H14F3NO2/c13-12(14,15)11(17)18-9-8-16-7-6-10-4-2-1-3-5-10/h1-5,16H,6-9H2. The summed E-state index contributed by atoms with van der Waals surface area (Å²) in [5.74, 6) is -2.15. The van der Waals surface area contributed by atoms with Gasteiger partial charge in [0.2, 0.25) is 0 Å². The largest absolute Gasteiger partial charge is 0.490 e. The molecule has 18 heavy (non-hydrogen) atoms. The third kappa shape index (κ3) is 5.67. The second-order valence-corrected chi connectivity index (χ2v) is 3.62. The smallest absolute Gasteiger partial charge is 0.458 e. The highest BCUT2D eigenvalue weighted by atomic mass is 19.4. The van der Waals surface area contributed by atoms with Crippen LogP contribution in [0.3, 0.4) is 0 Å². The normalized spacial score (nSPS) is 11.3. The van der Waals surface area contributed by atoms with Crippen LogP contribution in [0.4, 0.5) is 13.2 Å². The van der Waals surface area contributed by atoms with E-state index >= 15 is 0 Å². The second kappa shape index (κ2) is 7.00. The molecule has 0 aromatic heterocycles. The molecule has 0 aliphatic rings. The molecular weight excluding hydrogens is 247 g/mol. The fourth-order valence-electron chi connectivity index (χ4n) is 1.30. The third-order valence-corrected chi connectivity index (χ3v) is 2.18. The summed E-state index contributed by atoms with van der Waals surface area (Å²) in [4.78, 5) is 10.3. The molecule has 1 N–H and O–H groups in total. The van der Waals surface area contributed by atoms with Crippen LogP contribution in [0, 0.1) is 0 Å². The van der Waals surface area contributed by atoms with Gasteiger partial charge in [0, 0.05) is 6.54 Å². The summed E-state index contributed by atoms with van der Waals surface area (Å²) >= 11 is 0. The van der Waals surface area contributed by atoms with Crippen molar-refractivity contribution in [2.45, 2.75) is 12.6 Å². The number of hydrogen-bond acceptors (Lipinski definition) is 3. The van der Waals surface area contributed by atoms with Crippen LogP contribution in [0.15, 0.2) is 30.3 Å². The number of alkyl halides is 3. The van der Waals surface area contributed by atoms with Crippen molar-refractivity contribution < 1.29 is 22.7 Å². The van der Waals surface area contributed by atoms with Gasteiger partial charge in [0.1, 0.15) is 6.61 Å². The maximum atomic E-state index is 11.8. The van der Waals surface area contributed by atoms with Gasteiger partial charge in [-0.1, -0.05) is 30.3 Å². The van der Waals surface area contributed by atoms with Gasteiger partial charge in [-0.05, 0) is 18.5 Å². The van der Waals surface area contributed by atoms with Crippen molar-refractivity contribution >= 4 is 5.97 Å². The molecule has 0 aliphatic carbocycles. The van der Waals surface area contributed by atoms with Crippen LogP contribution in [0.1, 0.15) is 5.56 Å². The molecule has 3 nitrogen and oxygen atoms in total. The first kappa shape index (κ1) is 14.5. The van der Waals surface area contributed by atoms with Crippen molar-refractivity contribution in [1.82, 2.24) is 5.32 Å². The highest BCUT2D eigenvalue weighted by molar-refractivity contribution is 5.75. The van der Waals surface area contributed by atoms with Crippen LogP contribution in [-0.4, -0.2) is 31.8 Å². The molecule has 0 saturated heterocycles. The highest BCUT2D eigenvalue weighted by Crippen LogP contribution is 2.15. The first-order chi connectivity index (χ1) is 8.50. The van der Waals surface area contributed by atoms with Crippen molar-refractivity contribution in [2.24, 2.45) is 0 Å². The molecule has 0 fully saturated rings. The van der Waals surface area contributed by atoms with E-state index in [2.05, 4.69) is 10.1 Å². The number of ether oxygens (including phenoxy) is 1. The molecule has 0 saturated carbocycles. The summed E-state index contributed by atoms with van der Waals surface area (Å²) < 4.78 is 39.3. The van der Waals surface area contributed by atoms with Crippen molar-refractivity contribution in [3.05, 3.63) is 35.9 Å². The molecule has 1 aromatic carbocycles. The van der Waals surface area contributed by atoms with Crippen LogP contribution in [0.5, 0.6) is 0 Å². The van der Waals surface area contributed by atoms with Gasteiger partial charge >= 0.3 is 12.1 Å². The van der Waals surface area contributed by atoms with Crippen LogP contribution < -0.4 is 5.32 Å². The number of hydrogen-bond donors (Lipinski definition) is 1. The highest BCUT2D eigenvalue weighted by Gasteiger charge is 2.40. The summed E-state index contributed by atoms with van der Waals surface area (Å²) in [5.41, 5.74) is 1.14. The van der Waals surface area contributed by atoms with E-state index in [1.165, 1.54) is 0 Å². The molecule has 0 atom stereocenters. The summed E-state index contributed by atoms with van der Waals surface area (Å²) in [6.45, 7) is 0.537. The van der Waals surface area contributed by atoms with E-state index in [1.54, 1.807) is 0 Å². The zero-order chi connectivity index (χ0) is 13.4. The molecule has 6 heteroatoms. The summed E-state index contributed by atoms with van der Waals surface area (Å²) in [7, 11) is 0. The Morgan fingerprint density at radius 2 is 1.83 bits per heavy atom. The van der Waals surface area contributed by atoms with E-state index in [0.29, 0.717) is 6.54 Å². The molecule has 0 amide bonds. The zero-order valence-corrected chi connectivity index (χ0v) is 9.67. The summed E-state index contributed by atoms with van der Waals surface area (Å²) in [6, 6.07) is 9.67. The molecular formula is C12H14F3NO2. The van der Waals surface area contributed by atoms with Gasteiger partial charge in [-0.2, -0.15) is 13.2 Å². The number of nitrogens with one attached hydrogen (secondary N) is 1. The number of carbonyl (C=O) groups excluding carboxylic acids is 1. The Morgan fingerprint density at radius 3 is 2.44 bits per heavy atom. The Labute approximate surface area is 103 Å². The maximum absolute atomic E-state index is 11.8. The van der Waals surface area contributed by atoms with Crippen LogP contribution in [0.25, 0.3) is 0 Å². The van der Waals surface area contributed by atoms with E-state index in [9.17, 15) is 18.0 Å². The topological polar surface area (TPSA) is 38.3 Å². The van der Waals surface area contributed by atoms with Gasteiger partial charge in [0.05, 0.1) is 0 Å². The minimum atomic E-state index is -4.91. The van der Waals surface area contributed by atoms with Crippen molar-refractivity contribution in [2.75, 3.05) is 19.7 Å². The Balaban J connectivity index is 2.05. The predicted molar refractivity (Wildman–Crippen MR) is 60.0 cm³/mol. The van der Waals surface area contributed by atoms with Crippen LogP contribution in [-0.2, 0) is 16.0 Å². The average Bonchev–Trinajstić information content (AvgIpc) is 2.33. The lowest BCUT2D eigenvalue weighted by Gasteiger charge is -2.08. The number of benzene rings is 1. The fraction of sp³-hybridized carbons (Fsp3) is 0.417. The molecule has 100 valence electrons. The fourth-order valence-corrected chi connectivity index (χ4v) is 1.30. The lowest BCUT2D eigenvalue weighted by Crippen LogP contribution is -2.29. The third-order valence-electron chi connectivity index (χ3n) is 2.18. The van der Waals surface area contributed by atoms with Gasteiger partial charge in [-0.25, -0.2) is 4.79 Å². The van der Waals surface area contributed by atoms with Gasteiger partial charge in [-0.15, -0.1) is 0 Å². The predicted octanol–water partition coefficient (Wildman–Crippen LogP) is 1.92. The molecule has 0 radical (unpaired) electrons. The minimum Gasteiger partial charge on any atom is -0.458 e. The molecule has 1 aromatic rings. The van der Waals surface area contributed by atoms with Gasteiger partial charge < -0.3 is 10.1 Å². The molecule has 0 spiro atoms.